The quantitative estimate of drug-likeness (QED) is 0.157. The van der Waals surface area contributed by atoms with Crippen molar-refractivity contribution in [2.45, 2.75) is 18.2 Å². The molecule has 4 N–H and O–H groups in total. The summed E-state index contributed by atoms with van der Waals surface area (Å²) in [6, 6.07) is 12.5. The van der Waals surface area contributed by atoms with Crippen molar-refractivity contribution in [2.75, 3.05) is 5.75 Å². The van der Waals surface area contributed by atoms with Crippen molar-refractivity contribution < 1.29 is 21.4 Å². The topological polar surface area (TPSA) is 85.8 Å². The number of aromatic nitrogens is 2. The number of thioether (sulfide) groups is 1. The summed E-state index contributed by atoms with van der Waals surface area (Å²) >= 11 is 1.88. The number of hydrogen-bond acceptors (Lipinski definition) is 3. The lowest BCUT2D eigenvalue weighted by Crippen LogP contribution is -3.00. The van der Waals surface area contributed by atoms with Crippen LogP contribution in [0.4, 0.5) is 0 Å². The van der Waals surface area contributed by atoms with Crippen LogP contribution in [0.15, 0.2) is 63.9 Å². The molecular formula is C19H24Br2N6S. The first-order chi connectivity index (χ1) is 12.6. The molecule has 3 aromatic rings. The van der Waals surface area contributed by atoms with Gasteiger partial charge in [0, 0.05) is 16.5 Å². The van der Waals surface area contributed by atoms with E-state index in [1.165, 1.54) is 11.3 Å². The summed E-state index contributed by atoms with van der Waals surface area (Å²) in [6.45, 7) is 2.20. The summed E-state index contributed by atoms with van der Waals surface area (Å²) in [5.41, 5.74) is 14.9. The Morgan fingerprint density at radius 2 is 1.86 bits per heavy atom. The molecule has 3 rings (SSSR count). The van der Waals surface area contributed by atoms with E-state index >= 15 is 0 Å². The van der Waals surface area contributed by atoms with Crippen LogP contribution >= 0.6 is 28.7 Å². The first kappa shape index (κ1) is 24.2. The van der Waals surface area contributed by atoms with Crippen LogP contribution in [0.1, 0.15) is 18.9 Å². The van der Waals surface area contributed by atoms with Crippen LogP contribution in [0.2, 0.25) is 0 Å². The summed E-state index contributed by atoms with van der Waals surface area (Å²) in [5.74, 6) is 1.08. The number of benzene rings is 1. The molecule has 0 fully saturated rings. The number of guanidine groups is 1. The van der Waals surface area contributed by atoms with Crippen LogP contribution in [-0.2, 0) is 7.05 Å². The van der Waals surface area contributed by atoms with Crippen LogP contribution in [0.25, 0.3) is 16.9 Å². The van der Waals surface area contributed by atoms with Crippen LogP contribution in [0.3, 0.4) is 0 Å². The maximum Gasteiger partial charge on any atom is 0.286 e. The molecule has 0 amide bonds. The highest BCUT2D eigenvalue weighted by Gasteiger charge is 2.16. The van der Waals surface area contributed by atoms with Crippen molar-refractivity contribution in [1.82, 2.24) is 4.57 Å². The third kappa shape index (κ3) is 5.83. The predicted octanol–water partition coefficient (Wildman–Crippen LogP) is 0.122. The van der Waals surface area contributed by atoms with Crippen LogP contribution in [-0.4, -0.2) is 22.5 Å². The first-order valence-corrected chi connectivity index (χ1v) is 9.43. The van der Waals surface area contributed by atoms with Crippen molar-refractivity contribution >= 4 is 46.6 Å². The van der Waals surface area contributed by atoms with Gasteiger partial charge in [0.25, 0.3) is 5.65 Å². The Morgan fingerprint density at radius 3 is 2.50 bits per heavy atom. The second kappa shape index (κ2) is 11.2. The van der Waals surface area contributed by atoms with Gasteiger partial charge >= 0.3 is 0 Å². The molecule has 0 bridgehead atoms. The van der Waals surface area contributed by atoms with Gasteiger partial charge in [-0.15, -0.1) is 33.8 Å². The SMILES string of the molecule is Br.CCCSc1ccc2n(C)c(-c3ccc(/C=N/N=C(N)N)cc3)c[n+]2c1.[Br-]. The standard InChI is InChI=1S/C19H23N6S.2BrH/c1-3-10-26-16-8-9-18-24(2)17(13-25(18)12-16)15-6-4-14(5-7-15)11-22-23-19(20)21;;/h4-9,11-13H,3,10H2,1-2H3,(H4,20,21,23);2*1H/q+1;;/p-1/b22-11+;;. The Labute approximate surface area is 190 Å². The molecule has 28 heavy (non-hydrogen) atoms. The van der Waals surface area contributed by atoms with Gasteiger partial charge < -0.3 is 28.4 Å². The molecule has 1 aromatic carbocycles. The molecule has 150 valence electrons. The lowest BCUT2D eigenvalue weighted by atomic mass is 10.1. The van der Waals surface area contributed by atoms with E-state index in [4.69, 9.17) is 11.5 Å². The van der Waals surface area contributed by atoms with E-state index < -0.39 is 0 Å². The maximum absolute atomic E-state index is 5.26. The van der Waals surface area contributed by atoms with Gasteiger partial charge in [-0.05, 0) is 35.9 Å². The molecule has 0 atom stereocenters. The van der Waals surface area contributed by atoms with E-state index in [0.29, 0.717) is 0 Å². The van der Waals surface area contributed by atoms with E-state index in [1.54, 1.807) is 6.21 Å². The molecule has 0 radical (unpaired) electrons. The number of aryl methyl sites for hydroxylation is 1. The predicted molar refractivity (Wildman–Crippen MR) is 119 cm³/mol. The zero-order valence-electron chi connectivity index (χ0n) is 15.7. The highest BCUT2D eigenvalue weighted by atomic mass is 79.9. The fourth-order valence-corrected chi connectivity index (χ4v) is 3.49. The summed E-state index contributed by atoms with van der Waals surface area (Å²) in [4.78, 5) is 1.28. The lowest BCUT2D eigenvalue weighted by Gasteiger charge is -1.99. The summed E-state index contributed by atoms with van der Waals surface area (Å²) < 4.78 is 4.37. The number of imidazole rings is 1. The molecule has 0 saturated carbocycles. The van der Waals surface area contributed by atoms with Gasteiger partial charge in [-0.2, -0.15) is 5.10 Å². The highest BCUT2D eigenvalue weighted by molar-refractivity contribution is 8.93. The monoisotopic (exact) mass is 526 g/mol. The number of nitrogens with two attached hydrogens (primary N) is 2. The van der Waals surface area contributed by atoms with E-state index in [0.717, 1.165) is 28.2 Å². The van der Waals surface area contributed by atoms with Crippen molar-refractivity contribution in [2.24, 2.45) is 28.7 Å². The average Bonchev–Trinajstić information content (AvgIpc) is 2.96. The maximum atomic E-state index is 5.26. The minimum Gasteiger partial charge on any atom is -1.00 e. The van der Waals surface area contributed by atoms with Gasteiger partial charge in [0.2, 0.25) is 5.96 Å². The van der Waals surface area contributed by atoms with Gasteiger partial charge in [0.15, 0.2) is 5.69 Å². The molecule has 0 aliphatic carbocycles. The van der Waals surface area contributed by atoms with Crippen molar-refractivity contribution in [3.63, 3.8) is 0 Å². The Bertz CT molecular complexity index is 962. The first-order valence-electron chi connectivity index (χ1n) is 8.44. The zero-order valence-corrected chi connectivity index (χ0v) is 19.9. The summed E-state index contributed by atoms with van der Waals surface area (Å²) in [7, 11) is 2.08. The third-order valence-electron chi connectivity index (χ3n) is 3.95. The largest absolute Gasteiger partial charge is 1.00 e. The van der Waals surface area contributed by atoms with E-state index in [2.05, 4.69) is 69.8 Å². The minimum atomic E-state index is -0.0538. The molecule has 9 heteroatoms. The molecule has 6 nitrogen and oxygen atoms in total. The van der Waals surface area contributed by atoms with Crippen LogP contribution < -0.4 is 32.8 Å². The van der Waals surface area contributed by atoms with E-state index in [9.17, 15) is 0 Å². The molecule has 0 aliphatic heterocycles. The zero-order chi connectivity index (χ0) is 18.5. The highest BCUT2D eigenvalue weighted by Crippen LogP contribution is 2.22. The van der Waals surface area contributed by atoms with Crippen molar-refractivity contribution in [3.05, 3.63) is 54.4 Å². The third-order valence-corrected chi connectivity index (χ3v) is 5.14. The molecule has 0 aliphatic rings. The molecular weight excluding hydrogens is 504 g/mol. The fraction of sp³-hybridized carbons (Fsp3) is 0.211. The average molecular weight is 528 g/mol. The molecule has 2 aromatic heterocycles. The Balaban J connectivity index is 0.00000196. The number of halogens is 2. The number of pyridine rings is 1. The lowest BCUT2D eigenvalue weighted by molar-refractivity contribution is -0.512. The van der Waals surface area contributed by atoms with Crippen LogP contribution in [0.5, 0.6) is 0 Å². The molecule has 0 unspecified atom stereocenters. The van der Waals surface area contributed by atoms with Gasteiger partial charge in [0.1, 0.15) is 12.4 Å². The summed E-state index contributed by atoms with van der Waals surface area (Å²) in [5, 5.41) is 7.44. The second-order valence-electron chi connectivity index (χ2n) is 5.94. The Hall–Kier alpha value is -1.84. The molecule has 0 spiro atoms. The molecule has 2 heterocycles. The van der Waals surface area contributed by atoms with Gasteiger partial charge in [-0.25, -0.2) is 8.97 Å². The number of nitrogens with zero attached hydrogens (tertiary/aromatic N) is 4. The van der Waals surface area contributed by atoms with E-state index in [1.807, 2.05) is 23.9 Å². The molecule has 0 saturated heterocycles. The minimum absolute atomic E-state index is 0. The fourth-order valence-electron chi connectivity index (χ4n) is 2.69. The van der Waals surface area contributed by atoms with Crippen LogP contribution in [0, 0.1) is 0 Å². The smallest absolute Gasteiger partial charge is 0.286 e. The van der Waals surface area contributed by atoms with Gasteiger partial charge in [0.05, 0.1) is 13.3 Å². The van der Waals surface area contributed by atoms with Crippen molar-refractivity contribution in [3.8, 4) is 11.3 Å². The normalized spacial score (nSPS) is 10.5. The number of hydrogen-bond donors (Lipinski definition) is 2. The second-order valence-corrected chi connectivity index (χ2v) is 7.11. The van der Waals surface area contributed by atoms with Gasteiger partial charge in [-0.1, -0.05) is 19.1 Å². The number of rotatable bonds is 6. The Kier molecular flexibility index (Phi) is 9.71. The van der Waals surface area contributed by atoms with E-state index in [-0.39, 0.29) is 39.9 Å². The summed E-state index contributed by atoms with van der Waals surface area (Å²) in [6.07, 6.45) is 7.15. The van der Waals surface area contributed by atoms with Gasteiger partial charge in [-0.3, -0.25) is 0 Å². The van der Waals surface area contributed by atoms with Crippen molar-refractivity contribution in [1.29, 1.82) is 0 Å². The number of fused-ring (bicyclic) bond motifs is 1. The Morgan fingerprint density at radius 1 is 1.14 bits per heavy atom.